The van der Waals surface area contributed by atoms with Crippen LogP contribution in [0, 0.1) is 0 Å². The van der Waals surface area contributed by atoms with Gasteiger partial charge < -0.3 is 9.80 Å². The molecule has 1 aliphatic heterocycles. The highest BCUT2D eigenvalue weighted by Gasteiger charge is 2.24. The van der Waals surface area contributed by atoms with Crippen LogP contribution in [0.5, 0.6) is 0 Å². The van der Waals surface area contributed by atoms with E-state index in [0.717, 1.165) is 6.54 Å². The van der Waals surface area contributed by atoms with Crippen LogP contribution in [0.2, 0.25) is 0 Å². The molecule has 1 saturated heterocycles. The van der Waals surface area contributed by atoms with Gasteiger partial charge in [-0.25, -0.2) is 4.79 Å². The van der Waals surface area contributed by atoms with Gasteiger partial charge in [-0.1, -0.05) is 0 Å². The summed E-state index contributed by atoms with van der Waals surface area (Å²) < 4.78 is 0. The average Bonchev–Trinajstić information content (AvgIpc) is 2.21. The van der Waals surface area contributed by atoms with E-state index in [1.54, 1.807) is 4.90 Å². The summed E-state index contributed by atoms with van der Waals surface area (Å²) in [6.45, 7) is 4.15. The number of imide groups is 1. The fraction of sp³-hybridized carbons (Fsp3) is 0.778. The summed E-state index contributed by atoms with van der Waals surface area (Å²) in [5, 5.41) is 2.23. The topological polar surface area (TPSA) is 52.7 Å². The number of piperazine rings is 1. The first-order chi connectivity index (χ1) is 7.04. The number of likely N-dealkylation sites (N-methyl/N-ethyl adjacent to an activating group) is 1. The zero-order chi connectivity index (χ0) is 11.4. The predicted octanol–water partition coefficient (Wildman–Crippen LogP) is 0.0973. The lowest BCUT2D eigenvalue weighted by Crippen LogP contribution is -2.55. The van der Waals surface area contributed by atoms with Crippen molar-refractivity contribution < 1.29 is 9.59 Å². The molecule has 5 nitrogen and oxygen atoms in total. The van der Waals surface area contributed by atoms with Crippen LogP contribution in [0.25, 0.3) is 0 Å². The summed E-state index contributed by atoms with van der Waals surface area (Å²) in [7, 11) is 2.02. The van der Waals surface area contributed by atoms with Gasteiger partial charge >= 0.3 is 6.03 Å². The molecular formula is C9H16ClN3O2. The molecule has 0 aromatic heterocycles. The molecule has 0 bridgehead atoms. The molecule has 3 amide bonds. The third-order valence-electron chi connectivity index (χ3n) is 2.61. The molecule has 1 fully saturated rings. The summed E-state index contributed by atoms with van der Waals surface area (Å²) in [6.07, 6.45) is 0. The number of nitrogens with zero attached hydrogens (tertiary/aromatic N) is 2. The third kappa shape index (κ3) is 3.35. The Morgan fingerprint density at radius 3 is 2.67 bits per heavy atom. The minimum absolute atomic E-state index is 0.185. The summed E-state index contributed by atoms with van der Waals surface area (Å²) in [5.41, 5.74) is 0. The molecule has 1 N–H and O–H groups in total. The molecule has 1 aliphatic rings. The smallest absolute Gasteiger partial charge is 0.322 e. The Morgan fingerprint density at radius 1 is 1.47 bits per heavy atom. The molecule has 1 unspecified atom stereocenters. The zero-order valence-corrected chi connectivity index (χ0v) is 9.75. The van der Waals surface area contributed by atoms with Crippen LogP contribution < -0.4 is 5.32 Å². The zero-order valence-electron chi connectivity index (χ0n) is 8.99. The van der Waals surface area contributed by atoms with Crippen LogP contribution in [0.15, 0.2) is 0 Å². The number of carbonyl (C=O) groups excluding carboxylic acids is 2. The van der Waals surface area contributed by atoms with Crippen molar-refractivity contribution in [1.82, 2.24) is 15.1 Å². The maximum absolute atomic E-state index is 11.5. The fourth-order valence-electron chi connectivity index (χ4n) is 1.46. The van der Waals surface area contributed by atoms with E-state index in [9.17, 15) is 9.59 Å². The second-order valence-electron chi connectivity index (χ2n) is 3.76. The molecule has 0 radical (unpaired) electrons. The van der Waals surface area contributed by atoms with Crippen LogP contribution in [0.4, 0.5) is 4.79 Å². The number of hydrogen-bond acceptors (Lipinski definition) is 3. The van der Waals surface area contributed by atoms with Crippen LogP contribution in [-0.4, -0.2) is 60.3 Å². The number of urea groups is 1. The summed E-state index contributed by atoms with van der Waals surface area (Å²) in [5.74, 6) is -0.636. The standard InChI is InChI=1S/C9H16ClN3O2/c1-7-6-13(4-3-12(7)2)9(15)11-8(14)5-10/h7H,3-6H2,1-2H3,(H,11,14,15). The highest BCUT2D eigenvalue weighted by molar-refractivity contribution is 6.28. The third-order valence-corrected chi connectivity index (χ3v) is 2.86. The van der Waals surface area contributed by atoms with Crippen molar-refractivity contribution in [2.75, 3.05) is 32.6 Å². The summed E-state index contributed by atoms with van der Waals surface area (Å²) in [6, 6.07) is -0.0313. The minimum atomic E-state index is -0.451. The molecular weight excluding hydrogens is 218 g/mol. The number of hydrogen-bond donors (Lipinski definition) is 1. The van der Waals surface area contributed by atoms with Crippen LogP contribution in [0.1, 0.15) is 6.92 Å². The lowest BCUT2D eigenvalue weighted by Gasteiger charge is -2.37. The lowest BCUT2D eigenvalue weighted by molar-refractivity contribution is -0.117. The first-order valence-corrected chi connectivity index (χ1v) is 5.43. The molecule has 1 atom stereocenters. The van der Waals surface area contributed by atoms with E-state index in [4.69, 9.17) is 11.6 Å². The van der Waals surface area contributed by atoms with Gasteiger partial charge in [-0.3, -0.25) is 10.1 Å². The van der Waals surface area contributed by atoms with Crippen molar-refractivity contribution in [3.05, 3.63) is 0 Å². The van der Waals surface area contributed by atoms with Crippen LogP contribution >= 0.6 is 11.6 Å². The normalized spacial score (nSPS) is 22.6. The molecule has 15 heavy (non-hydrogen) atoms. The fourth-order valence-corrected chi connectivity index (χ4v) is 1.53. The summed E-state index contributed by atoms with van der Waals surface area (Å²) >= 11 is 5.30. The number of carbonyl (C=O) groups is 2. The van der Waals surface area contributed by atoms with Gasteiger partial charge in [0.25, 0.3) is 0 Å². The second-order valence-corrected chi connectivity index (χ2v) is 4.03. The van der Waals surface area contributed by atoms with Crippen molar-refractivity contribution in [3.8, 4) is 0 Å². The van der Waals surface area contributed by atoms with E-state index in [1.165, 1.54) is 0 Å². The molecule has 1 heterocycles. The minimum Gasteiger partial charge on any atom is -0.322 e. The molecule has 0 spiro atoms. The van der Waals surface area contributed by atoms with E-state index in [1.807, 2.05) is 14.0 Å². The van der Waals surface area contributed by atoms with E-state index in [0.29, 0.717) is 19.1 Å². The largest absolute Gasteiger partial charge is 0.324 e. The van der Waals surface area contributed by atoms with E-state index < -0.39 is 5.91 Å². The van der Waals surface area contributed by atoms with Gasteiger partial charge in [0.05, 0.1) is 0 Å². The number of halogens is 1. The molecule has 0 aliphatic carbocycles. The molecule has 0 saturated carbocycles. The Bertz CT molecular complexity index is 260. The van der Waals surface area contributed by atoms with E-state index in [2.05, 4.69) is 10.2 Å². The van der Waals surface area contributed by atoms with Gasteiger partial charge in [0.2, 0.25) is 5.91 Å². The van der Waals surface area contributed by atoms with Crippen molar-refractivity contribution in [3.63, 3.8) is 0 Å². The SMILES string of the molecule is CC1CN(C(=O)NC(=O)CCl)CCN1C. The maximum Gasteiger partial charge on any atom is 0.324 e. The lowest BCUT2D eigenvalue weighted by atomic mass is 10.2. The Balaban J connectivity index is 2.44. The van der Waals surface area contributed by atoms with Crippen LogP contribution in [-0.2, 0) is 4.79 Å². The van der Waals surface area contributed by atoms with E-state index in [-0.39, 0.29) is 11.9 Å². The molecule has 86 valence electrons. The average molecular weight is 234 g/mol. The highest BCUT2D eigenvalue weighted by atomic mass is 35.5. The van der Waals surface area contributed by atoms with Crippen molar-refractivity contribution in [2.24, 2.45) is 0 Å². The Morgan fingerprint density at radius 2 is 2.13 bits per heavy atom. The number of amides is 3. The number of alkyl halides is 1. The van der Waals surface area contributed by atoms with Gasteiger partial charge in [0.1, 0.15) is 5.88 Å². The Kier molecular flexibility index (Phi) is 4.35. The molecule has 1 rings (SSSR count). The Hall–Kier alpha value is -0.810. The quantitative estimate of drug-likeness (QED) is 0.654. The first kappa shape index (κ1) is 12.3. The highest BCUT2D eigenvalue weighted by Crippen LogP contribution is 2.06. The number of rotatable bonds is 1. The van der Waals surface area contributed by atoms with Crippen LogP contribution in [0.3, 0.4) is 0 Å². The summed E-state index contributed by atoms with van der Waals surface area (Å²) in [4.78, 5) is 26.3. The van der Waals surface area contributed by atoms with Crippen molar-refractivity contribution in [2.45, 2.75) is 13.0 Å². The van der Waals surface area contributed by atoms with Crippen molar-refractivity contribution >= 4 is 23.5 Å². The first-order valence-electron chi connectivity index (χ1n) is 4.89. The molecule has 0 aromatic carbocycles. The second kappa shape index (κ2) is 5.32. The Labute approximate surface area is 94.3 Å². The van der Waals surface area contributed by atoms with E-state index >= 15 is 0 Å². The monoisotopic (exact) mass is 233 g/mol. The predicted molar refractivity (Wildman–Crippen MR) is 57.9 cm³/mol. The molecule has 6 heteroatoms. The maximum atomic E-state index is 11.5. The van der Waals surface area contributed by atoms with Gasteiger partial charge in [-0.15, -0.1) is 11.6 Å². The molecule has 0 aromatic rings. The van der Waals surface area contributed by atoms with Crippen molar-refractivity contribution in [1.29, 1.82) is 0 Å². The van der Waals surface area contributed by atoms with Gasteiger partial charge in [0.15, 0.2) is 0 Å². The van der Waals surface area contributed by atoms with Gasteiger partial charge in [0, 0.05) is 25.7 Å². The number of nitrogens with one attached hydrogen (secondary N) is 1. The van der Waals surface area contributed by atoms with Gasteiger partial charge in [-0.05, 0) is 14.0 Å². The van der Waals surface area contributed by atoms with Gasteiger partial charge in [-0.2, -0.15) is 0 Å².